The lowest BCUT2D eigenvalue weighted by Crippen LogP contribution is -2.33. The Labute approximate surface area is 160 Å². The molecule has 5 nitrogen and oxygen atoms in total. The summed E-state index contributed by atoms with van der Waals surface area (Å²) in [6, 6.07) is 9.17. The molecule has 0 spiro atoms. The summed E-state index contributed by atoms with van der Waals surface area (Å²) in [4.78, 5) is 4.40. The number of aromatic nitrogens is 1. The Morgan fingerprint density at radius 1 is 1.22 bits per heavy atom. The lowest BCUT2D eigenvalue weighted by molar-refractivity contribution is 0.00938. The molecule has 3 atom stereocenters. The van der Waals surface area contributed by atoms with Crippen LogP contribution in [0.5, 0.6) is 0 Å². The zero-order valence-corrected chi connectivity index (χ0v) is 16.0. The zero-order chi connectivity index (χ0) is 19.8. The molecule has 0 radical (unpaired) electrons. The first-order chi connectivity index (χ1) is 13.0. The lowest BCUT2D eigenvalue weighted by atomic mass is 9.86. The largest absolute Gasteiger partial charge is 0.459 e. The Morgan fingerprint density at radius 3 is 2.56 bits per heavy atom. The molecule has 2 aromatic rings. The number of furan rings is 1. The summed E-state index contributed by atoms with van der Waals surface area (Å²) in [5.74, 6) is 0.762. The van der Waals surface area contributed by atoms with Gasteiger partial charge in [-0.2, -0.15) is 0 Å². The molecule has 146 valence electrons. The van der Waals surface area contributed by atoms with Crippen LogP contribution in [0.2, 0.25) is 0 Å². The third-order valence-electron chi connectivity index (χ3n) is 4.65. The molecule has 0 aliphatic rings. The number of aliphatic hydroxyl groups is 3. The monoisotopic (exact) mass is 371 g/mol. The van der Waals surface area contributed by atoms with Crippen molar-refractivity contribution in [2.24, 2.45) is 11.8 Å². The van der Waals surface area contributed by atoms with Gasteiger partial charge in [-0.05, 0) is 54.7 Å². The molecule has 2 heterocycles. The number of aliphatic hydroxyl groups excluding tert-OH is 3. The second kappa shape index (κ2) is 10.2. The molecule has 2 aromatic heterocycles. The van der Waals surface area contributed by atoms with Crippen molar-refractivity contribution in [3.05, 3.63) is 66.4 Å². The number of allylic oxidation sites excluding steroid dienone is 1. The standard InChI is InChI=1S/C22H29NO4/c1-4-19(22(26)15(2)3)21(25)11-8-16(20-7-5-6-12-23-20)13-17-9-10-18(14-24)27-17/h4-7,9-10,12-13,15,19,21-22,24-26H,1,8,11,14H2,2-3H3/b16-13-/t19-,21-,22-/m1/s1. The summed E-state index contributed by atoms with van der Waals surface area (Å²) < 4.78 is 5.56. The highest BCUT2D eigenvalue weighted by molar-refractivity contribution is 5.78. The highest BCUT2D eigenvalue weighted by Gasteiger charge is 2.26. The van der Waals surface area contributed by atoms with Crippen LogP contribution in [-0.2, 0) is 6.61 Å². The van der Waals surface area contributed by atoms with Gasteiger partial charge in [-0.3, -0.25) is 4.98 Å². The summed E-state index contributed by atoms with van der Waals surface area (Å²) in [5.41, 5.74) is 1.71. The first-order valence-electron chi connectivity index (χ1n) is 9.26. The van der Waals surface area contributed by atoms with Crippen LogP contribution in [0.15, 0.2) is 53.6 Å². The third-order valence-corrected chi connectivity index (χ3v) is 4.65. The van der Waals surface area contributed by atoms with E-state index in [1.54, 1.807) is 24.4 Å². The molecule has 0 unspecified atom stereocenters. The second-order valence-electron chi connectivity index (χ2n) is 7.00. The number of pyridine rings is 1. The molecule has 0 amide bonds. The molecule has 0 saturated carbocycles. The smallest absolute Gasteiger partial charge is 0.130 e. The van der Waals surface area contributed by atoms with Crippen molar-refractivity contribution in [2.45, 2.75) is 45.5 Å². The molecule has 0 aromatic carbocycles. The van der Waals surface area contributed by atoms with Crippen LogP contribution >= 0.6 is 0 Å². The van der Waals surface area contributed by atoms with Gasteiger partial charge in [0.25, 0.3) is 0 Å². The molecule has 0 aliphatic carbocycles. The van der Waals surface area contributed by atoms with Gasteiger partial charge in [0, 0.05) is 12.1 Å². The maximum Gasteiger partial charge on any atom is 0.130 e. The molecular weight excluding hydrogens is 342 g/mol. The first-order valence-corrected chi connectivity index (χ1v) is 9.26. The molecule has 3 N–H and O–H groups in total. The second-order valence-corrected chi connectivity index (χ2v) is 7.00. The van der Waals surface area contributed by atoms with Crippen LogP contribution in [0.1, 0.15) is 43.9 Å². The van der Waals surface area contributed by atoms with Crippen molar-refractivity contribution >= 4 is 11.6 Å². The van der Waals surface area contributed by atoms with Crippen molar-refractivity contribution in [3.63, 3.8) is 0 Å². The van der Waals surface area contributed by atoms with Crippen LogP contribution in [0.4, 0.5) is 0 Å². The minimum Gasteiger partial charge on any atom is -0.459 e. The fraction of sp³-hybridized carbons (Fsp3) is 0.409. The Balaban J connectivity index is 2.18. The zero-order valence-electron chi connectivity index (χ0n) is 16.0. The van der Waals surface area contributed by atoms with E-state index in [2.05, 4.69) is 11.6 Å². The minimum atomic E-state index is -0.711. The van der Waals surface area contributed by atoms with Crippen LogP contribution < -0.4 is 0 Å². The van der Waals surface area contributed by atoms with Gasteiger partial charge < -0.3 is 19.7 Å². The van der Waals surface area contributed by atoms with Gasteiger partial charge in [0.1, 0.15) is 18.1 Å². The van der Waals surface area contributed by atoms with Gasteiger partial charge in [-0.1, -0.05) is 26.0 Å². The fourth-order valence-electron chi connectivity index (χ4n) is 3.02. The lowest BCUT2D eigenvalue weighted by Gasteiger charge is -2.27. The molecule has 0 bridgehead atoms. The maximum atomic E-state index is 10.6. The van der Waals surface area contributed by atoms with E-state index in [1.807, 2.05) is 38.1 Å². The van der Waals surface area contributed by atoms with E-state index in [9.17, 15) is 15.3 Å². The quantitative estimate of drug-likeness (QED) is 0.555. The Morgan fingerprint density at radius 2 is 2.00 bits per heavy atom. The highest BCUT2D eigenvalue weighted by Crippen LogP contribution is 2.27. The number of nitrogens with zero attached hydrogens (tertiary/aromatic N) is 1. The predicted octanol–water partition coefficient (Wildman–Crippen LogP) is 3.67. The highest BCUT2D eigenvalue weighted by atomic mass is 16.4. The predicted molar refractivity (Wildman–Crippen MR) is 107 cm³/mol. The Hall–Kier alpha value is -2.21. The number of rotatable bonds is 10. The van der Waals surface area contributed by atoms with Crippen LogP contribution in [0.3, 0.4) is 0 Å². The van der Waals surface area contributed by atoms with Gasteiger partial charge in [-0.25, -0.2) is 0 Å². The molecule has 2 rings (SSSR count). The van der Waals surface area contributed by atoms with Gasteiger partial charge in [-0.15, -0.1) is 6.58 Å². The number of hydrogen-bond donors (Lipinski definition) is 3. The van der Waals surface area contributed by atoms with E-state index in [0.29, 0.717) is 24.4 Å². The van der Waals surface area contributed by atoms with Gasteiger partial charge >= 0.3 is 0 Å². The van der Waals surface area contributed by atoms with E-state index < -0.39 is 12.2 Å². The molecule has 27 heavy (non-hydrogen) atoms. The SMILES string of the molecule is C=C[C@H]([C@H](O)CC/C(=C/c1ccc(CO)o1)c1ccccn1)[C@H](O)C(C)C. The van der Waals surface area contributed by atoms with Crippen molar-refractivity contribution in [1.82, 2.24) is 4.98 Å². The van der Waals surface area contributed by atoms with Crippen molar-refractivity contribution in [3.8, 4) is 0 Å². The van der Waals surface area contributed by atoms with E-state index in [1.165, 1.54) is 0 Å². The summed E-state index contributed by atoms with van der Waals surface area (Å²) in [5, 5.41) is 30.1. The van der Waals surface area contributed by atoms with Crippen molar-refractivity contribution < 1.29 is 19.7 Å². The minimum absolute atomic E-state index is 0.0356. The van der Waals surface area contributed by atoms with E-state index in [0.717, 1.165) is 11.3 Å². The molecule has 0 aliphatic heterocycles. The normalized spacial score (nSPS) is 15.6. The van der Waals surface area contributed by atoms with Crippen LogP contribution in [-0.4, -0.2) is 32.5 Å². The average Bonchev–Trinajstić information content (AvgIpc) is 3.13. The van der Waals surface area contributed by atoms with Gasteiger partial charge in [0.05, 0.1) is 17.9 Å². The van der Waals surface area contributed by atoms with E-state index in [-0.39, 0.29) is 18.4 Å². The first kappa shape index (κ1) is 21.1. The molecule has 0 fully saturated rings. The molecule has 5 heteroatoms. The molecular formula is C22H29NO4. The van der Waals surface area contributed by atoms with Crippen LogP contribution in [0.25, 0.3) is 11.6 Å². The average molecular weight is 371 g/mol. The van der Waals surface area contributed by atoms with E-state index >= 15 is 0 Å². The molecule has 0 saturated heterocycles. The maximum absolute atomic E-state index is 10.6. The summed E-state index contributed by atoms with van der Waals surface area (Å²) >= 11 is 0. The summed E-state index contributed by atoms with van der Waals surface area (Å²) in [6.45, 7) is 7.45. The van der Waals surface area contributed by atoms with Gasteiger partial charge in [0.15, 0.2) is 0 Å². The van der Waals surface area contributed by atoms with Crippen LogP contribution in [0, 0.1) is 11.8 Å². The summed E-state index contributed by atoms with van der Waals surface area (Å²) in [7, 11) is 0. The summed E-state index contributed by atoms with van der Waals surface area (Å²) in [6.07, 6.45) is 4.87. The Kier molecular flexibility index (Phi) is 7.98. The number of hydrogen-bond acceptors (Lipinski definition) is 5. The third kappa shape index (κ3) is 5.89. The van der Waals surface area contributed by atoms with Gasteiger partial charge in [0.2, 0.25) is 0 Å². The fourth-order valence-corrected chi connectivity index (χ4v) is 3.02. The Bertz CT molecular complexity index is 736. The van der Waals surface area contributed by atoms with Crippen molar-refractivity contribution in [2.75, 3.05) is 0 Å². The van der Waals surface area contributed by atoms with Crippen molar-refractivity contribution in [1.29, 1.82) is 0 Å². The topological polar surface area (TPSA) is 86.7 Å². The van der Waals surface area contributed by atoms with E-state index in [4.69, 9.17) is 4.42 Å².